The molecule has 1 aromatic carbocycles. The molecule has 0 spiro atoms. The van der Waals surface area contributed by atoms with Gasteiger partial charge in [-0.05, 0) is 38.1 Å². The van der Waals surface area contributed by atoms with E-state index in [4.69, 9.17) is 22.1 Å². The van der Waals surface area contributed by atoms with E-state index in [2.05, 4.69) is 12.2 Å². The highest BCUT2D eigenvalue weighted by Gasteiger charge is 2.05. The number of nitrogens with one attached hydrogen (secondary N) is 1. The summed E-state index contributed by atoms with van der Waals surface area (Å²) in [6, 6.07) is 6.02. The standard InChI is InChI=1S/C12H19ClN2O/c1-9(5-6-14)15-8-10-7-11(13)3-4-12(10)16-2/h3-4,7,9,15H,5-6,8,14H2,1-2H3. The van der Waals surface area contributed by atoms with Gasteiger partial charge in [-0.25, -0.2) is 0 Å². The van der Waals surface area contributed by atoms with Gasteiger partial charge in [0.2, 0.25) is 0 Å². The number of methoxy groups -OCH3 is 1. The summed E-state index contributed by atoms with van der Waals surface area (Å²) >= 11 is 5.95. The van der Waals surface area contributed by atoms with Crippen molar-refractivity contribution in [3.8, 4) is 5.75 Å². The molecule has 0 aromatic heterocycles. The van der Waals surface area contributed by atoms with E-state index in [-0.39, 0.29) is 0 Å². The average molecular weight is 243 g/mol. The third-order valence-electron chi connectivity index (χ3n) is 2.48. The Morgan fingerprint density at radius 3 is 2.88 bits per heavy atom. The van der Waals surface area contributed by atoms with Gasteiger partial charge < -0.3 is 15.8 Å². The first-order valence-electron chi connectivity index (χ1n) is 5.43. The van der Waals surface area contributed by atoms with Gasteiger partial charge in [0.15, 0.2) is 0 Å². The lowest BCUT2D eigenvalue weighted by molar-refractivity contribution is 0.405. The Labute approximate surface area is 102 Å². The molecule has 0 aliphatic rings. The van der Waals surface area contributed by atoms with Crippen LogP contribution in [0.1, 0.15) is 18.9 Å². The number of ether oxygens (including phenoxy) is 1. The molecule has 90 valence electrons. The third-order valence-corrected chi connectivity index (χ3v) is 2.72. The molecule has 3 nitrogen and oxygen atoms in total. The molecule has 0 fully saturated rings. The summed E-state index contributed by atoms with van der Waals surface area (Å²) in [5.41, 5.74) is 6.56. The Bertz CT molecular complexity index is 331. The van der Waals surface area contributed by atoms with E-state index in [1.54, 1.807) is 7.11 Å². The van der Waals surface area contributed by atoms with Crippen LogP contribution in [0.4, 0.5) is 0 Å². The molecule has 0 saturated heterocycles. The monoisotopic (exact) mass is 242 g/mol. The van der Waals surface area contributed by atoms with Crippen molar-refractivity contribution in [2.75, 3.05) is 13.7 Å². The van der Waals surface area contributed by atoms with Gasteiger partial charge in [-0.2, -0.15) is 0 Å². The average Bonchev–Trinajstić information content (AvgIpc) is 2.27. The molecule has 1 aromatic rings. The Hall–Kier alpha value is -0.770. The van der Waals surface area contributed by atoms with E-state index in [1.807, 2.05) is 18.2 Å². The van der Waals surface area contributed by atoms with E-state index >= 15 is 0 Å². The van der Waals surface area contributed by atoms with Gasteiger partial charge in [-0.3, -0.25) is 0 Å². The molecule has 1 rings (SSSR count). The molecule has 16 heavy (non-hydrogen) atoms. The molecule has 0 aliphatic carbocycles. The van der Waals surface area contributed by atoms with Crippen molar-refractivity contribution >= 4 is 11.6 Å². The highest BCUT2D eigenvalue weighted by Crippen LogP contribution is 2.22. The van der Waals surface area contributed by atoms with Crippen molar-refractivity contribution in [3.63, 3.8) is 0 Å². The maximum atomic E-state index is 5.95. The van der Waals surface area contributed by atoms with Crippen molar-refractivity contribution in [3.05, 3.63) is 28.8 Å². The van der Waals surface area contributed by atoms with E-state index in [1.165, 1.54) is 0 Å². The van der Waals surface area contributed by atoms with Crippen LogP contribution in [0.3, 0.4) is 0 Å². The Morgan fingerprint density at radius 2 is 2.25 bits per heavy atom. The van der Waals surface area contributed by atoms with Crippen LogP contribution in [-0.2, 0) is 6.54 Å². The summed E-state index contributed by atoms with van der Waals surface area (Å²) in [5, 5.41) is 4.11. The maximum Gasteiger partial charge on any atom is 0.123 e. The largest absolute Gasteiger partial charge is 0.496 e. The Kier molecular flexibility index (Phi) is 5.60. The minimum atomic E-state index is 0.397. The first-order valence-corrected chi connectivity index (χ1v) is 5.81. The fourth-order valence-corrected chi connectivity index (χ4v) is 1.72. The van der Waals surface area contributed by atoms with Crippen LogP contribution in [0.15, 0.2) is 18.2 Å². The van der Waals surface area contributed by atoms with Gasteiger partial charge in [0.05, 0.1) is 7.11 Å². The summed E-state index contributed by atoms with van der Waals surface area (Å²) in [6.07, 6.45) is 0.961. The van der Waals surface area contributed by atoms with Gasteiger partial charge in [0.25, 0.3) is 0 Å². The van der Waals surface area contributed by atoms with E-state index in [0.717, 1.165) is 29.3 Å². The summed E-state index contributed by atoms with van der Waals surface area (Å²) in [5.74, 6) is 0.858. The zero-order valence-electron chi connectivity index (χ0n) is 9.79. The highest BCUT2D eigenvalue weighted by atomic mass is 35.5. The smallest absolute Gasteiger partial charge is 0.123 e. The summed E-state index contributed by atoms with van der Waals surface area (Å²) in [6.45, 7) is 3.55. The van der Waals surface area contributed by atoms with Gasteiger partial charge in [-0.1, -0.05) is 11.6 Å². The fourth-order valence-electron chi connectivity index (χ4n) is 1.52. The number of hydrogen-bond acceptors (Lipinski definition) is 3. The minimum absolute atomic E-state index is 0.397. The summed E-state index contributed by atoms with van der Waals surface area (Å²) < 4.78 is 5.27. The number of benzene rings is 1. The van der Waals surface area contributed by atoms with Crippen molar-refractivity contribution in [1.29, 1.82) is 0 Å². The lowest BCUT2D eigenvalue weighted by atomic mass is 10.1. The first-order chi connectivity index (χ1) is 7.67. The SMILES string of the molecule is COc1ccc(Cl)cc1CNC(C)CCN. The number of hydrogen-bond donors (Lipinski definition) is 2. The van der Waals surface area contributed by atoms with E-state index in [9.17, 15) is 0 Å². The molecular formula is C12H19ClN2O. The van der Waals surface area contributed by atoms with Gasteiger partial charge in [-0.15, -0.1) is 0 Å². The van der Waals surface area contributed by atoms with Crippen molar-refractivity contribution < 1.29 is 4.74 Å². The predicted octanol–water partition coefficient (Wildman–Crippen LogP) is 2.18. The molecule has 0 amide bonds. The maximum absolute atomic E-state index is 5.95. The number of rotatable bonds is 6. The fraction of sp³-hybridized carbons (Fsp3) is 0.500. The second-order valence-corrected chi connectivity index (χ2v) is 4.25. The lowest BCUT2D eigenvalue weighted by Crippen LogP contribution is -2.27. The third kappa shape index (κ3) is 4.00. The van der Waals surface area contributed by atoms with Gasteiger partial charge >= 0.3 is 0 Å². The zero-order chi connectivity index (χ0) is 12.0. The van der Waals surface area contributed by atoms with Crippen LogP contribution < -0.4 is 15.8 Å². The normalized spacial score (nSPS) is 12.5. The molecule has 0 radical (unpaired) electrons. The molecule has 0 heterocycles. The van der Waals surface area contributed by atoms with E-state index < -0.39 is 0 Å². The van der Waals surface area contributed by atoms with E-state index in [0.29, 0.717) is 12.6 Å². The summed E-state index contributed by atoms with van der Waals surface area (Å²) in [4.78, 5) is 0. The van der Waals surface area contributed by atoms with Gasteiger partial charge in [0, 0.05) is 23.2 Å². The lowest BCUT2D eigenvalue weighted by Gasteiger charge is -2.14. The van der Waals surface area contributed by atoms with Crippen molar-refractivity contribution in [2.45, 2.75) is 25.9 Å². The Morgan fingerprint density at radius 1 is 1.50 bits per heavy atom. The molecule has 0 bridgehead atoms. The van der Waals surface area contributed by atoms with Crippen molar-refractivity contribution in [1.82, 2.24) is 5.32 Å². The van der Waals surface area contributed by atoms with Crippen LogP contribution in [0.5, 0.6) is 5.75 Å². The minimum Gasteiger partial charge on any atom is -0.496 e. The second kappa shape index (κ2) is 6.74. The van der Waals surface area contributed by atoms with Crippen molar-refractivity contribution in [2.24, 2.45) is 5.73 Å². The van der Waals surface area contributed by atoms with Crippen LogP contribution in [0, 0.1) is 0 Å². The number of nitrogens with two attached hydrogens (primary N) is 1. The molecule has 0 aliphatic heterocycles. The predicted molar refractivity (Wildman–Crippen MR) is 68.0 cm³/mol. The molecular weight excluding hydrogens is 224 g/mol. The molecule has 1 unspecified atom stereocenters. The van der Waals surface area contributed by atoms with Crippen LogP contribution in [-0.4, -0.2) is 19.7 Å². The molecule has 3 N–H and O–H groups in total. The topological polar surface area (TPSA) is 47.3 Å². The first kappa shape index (κ1) is 13.3. The van der Waals surface area contributed by atoms with Crippen LogP contribution in [0.2, 0.25) is 5.02 Å². The number of halogens is 1. The molecule has 0 saturated carbocycles. The summed E-state index contributed by atoms with van der Waals surface area (Å²) in [7, 11) is 1.66. The Balaban J connectivity index is 2.61. The van der Waals surface area contributed by atoms with Crippen LogP contribution >= 0.6 is 11.6 Å². The molecule has 4 heteroatoms. The molecule has 1 atom stereocenters. The second-order valence-electron chi connectivity index (χ2n) is 3.82. The quantitative estimate of drug-likeness (QED) is 0.804. The van der Waals surface area contributed by atoms with Gasteiger partial charge in [0.1, 0.15) is 5.75 Å². The van der Waals surface area contributed by atoms with Crippen LogP contribution in [0.25, 0.3) is 0 Å². The highest BCUT2D eigenvalue weighted by molar-refractivity contribution is 6.30. The zero-order valence-corrected chi connectivity index (χ0v) is 10.6.